The van der Waals surface area contributed by atoms with Gasteiger partial charge in [-0.15, -0.1) is 12.3 Å². The number of methoxy groups -OCH3 is 1. The third-order valence-electron chi connectivity index (χ3n) is 2.07. The summed E-state index contributed by atoms with van der Waals surface area (Å²) in [5, 5.41) is 0. The van der Waals surface area contributed by atoms with E-state index in [0.717, 1.165) is 6.07 Å². The molecule has 0 unspecified atom stereocenters. The molecule has 0 amide bonds. The van der Waals surface area contributed by atoms with E-state index in [9.17, 15) is 9.18 Å². The predicted octanol–water partition coefficient (Wildman–Crippen LogP) is 2.40. The van der Waals surface area contributed by atoms with Crippen molar-refractivity contribution >= 4 is 5.97 Å². The molecule has 0 aliphatic heterocycles. The molecule has 1 rings (SSSR count). The third-order valence-corrected chi connectivity index (χ3v) is 2.07. The second-order valence-electron chi connectivity index (χ2n) is 3.29. The number of carbonyl (C=O) groups excluding carboxylic acids is 1. The van der Waals surface area contributed by atoms with Crippen molar-refractivity contribution in [1.29, 1.82) is 0 Å². The molecule has 0 bridgehead atoms. The molecule has 0 spiro atoms. The molecule has 17 heavy (non-hydrogen) atoms. The SMILES string of the molecule is C#CCCCOc1ccc(F)cc1C(=O)OC. The second-order valence-corrected chi connectivity index (χ2v) is 3.29. The van der Waals surface area contributed by atoms with Crippen LogP contribution in [0.5, 0.6) is 5.75 Å². The number of carbonyl (C=O) groups is 1. The zero-order valence-corrected chi connectivity index (χ0v) is 9.53. The number of ether oxygens (including phenoxy) is 2. The summed E-state index contributed by atoms with van der Waals surface area (Å²) in [5.41, 5.74) is 0.0770. The number of hydrogen-bond donors (Lipinski definition) is 0. The minimum absolute atomic E-state index is 0.0770. The van der Waals surface area contributed by atoms with Crippen molar-refractivity contribution in [3.05, 3.63) is 29.6 Å². The molecule has 0 saturated heterocycles. The first-order valence-electron chi connectivity index (χ1n) is 5.13. The van der Waals surface area contributed by atoms with E-state index in [-0.39, 0.29) is 5.56 Å². The van der Waals surface area contributed by atoms with E-state index >= 15 is 0 Å². The Hall–Kier alpha value is -2.02. The Bertz CT molecular complexity index is 435. The molecule has 0 aromatic heterocycles. The molecule has 0 N–H and O–H groups in total. The van der Waals surface area contributed by atoms with Crippen LogP contribution in [0.2, 0.25) is 0 Å². The molecule has 0 saturated carbocycles. The first-order valence-corrected chi connectivity index (χ1v) is 5.13. The Labute approximate surface area is 99.5 Å². The van der Waals surface area contributed by atoms with Gasteiger partial charge in [0.2, 0.25) is 0 Å². The summed E-state index contributed by atoms with van der Waals surface area (Å²) >= 11 is 0. The fourth-order valence-corrected chi connectivity index (χ4v) is 1.25. The van der Waals surface area contributed by atoms with Gasteiger partial charge in [-0.2, -0.15) is 0 Å². The van der Waals surface area contributed by atoms with Crippen LogP contribution in [0, 0.1) is 18.2 Å². The lowest BCUT2D eigenvalue weighted by Gasteiger charge is -2.09. The Balaban J connectivity index is 2.77. The number of esters is 1. The average molecular weight is 236 g/mol. The Morgan fingerprint density at radius 3 is 2.94 bits per heavy atom. The average Bonchev–Trinajstić information content (AvgIpc) is 2.35. The standard InChI is InChI=1S/C13H13FO3/c1-3-4-5-8-17-12-7-6-10(14)9-11(12)13(15)16-2/h1,6-7,9H,4-5,8H2,2H3. The highest BCUT2D eigenvalue weighted by molar-refractivity contribution is 5.92. The number of unbranched alkanes of at least 4 members (excludes halogenated alkanes) is 1. The van der Waals surface area contributed by atoms with E-state index < -0.39 is 11.8 Å². The minimum Gasteiger partial charge on any atom is -0.493 e. The van der Waals surface area contributed by atoms with Gasteiger partial charge in [-0.25, -0.2) is 9.18 Å². The molecule has 0 radical (unpaired) electrons. The maximum Gasteiger partial charge on any atom is 0.341 e. The van der Waals surface area contributed by atoms with E-state index in [0.29, 0.717) is 25.2 Å². The third kappa shape index (κ3) is 3.80. The largest absolute Gasteiger partial charge is 0.493 e. The van der Waals surface area contributed by atoms with Crippen LogP contribution < -0.4 is 4.74 Å². The summed E-state index contributed by atoms with van der Waals surface area (Å²) in [7, 11) is 1.23. The van der Waals surface area contributed by atoms with Crippen LogP contribution in [0.3, 0.4) is 0 Å². The first-order chi connectivity index (χ1) is 8.19. The number of hydrogen-bond acceptors (Lipinski definition) is 3. The quantitative estimate of drug-likeness (QED) is 0.447. The van der Waals surface area contributed by atoms with Crippen molar-refractivity contribution < 1.29 is 18.7 Å². The maximum absolute atomic E-state index is 13.0. The zero-order valence-electron chi connectivity index (χ0n) is 9.53. The van der Waals surface area contributed by atoms with Gasteiger partial charge in [0.25, 0.3) is 0 Å². The topological polar surface area (TPSA) is 35.5 Å². The summed E-state index contributed by atoms with van der Waals surface area (Å²) in [4.78, 5) is 11.4. The zero-order chi connectivity index (χ0) is 12.7. The van der Waals surface area contributed by atoms with Crippen LogP contribution in [0.25, 0.3) is 0 Å². The van der Waals surface area contributed by atoms with Crippen molar-refractivity contribution in [2.45, 2.75) is 12.8 Å². The number of terminal acetylenes is 1. The number of halogens is 1. The summed E-state index contributed by atoms with van der Waals surface area (Å²) in [6.45, 7) is 0.375. The van der Waals surface area contributed by atoms with Gasteiger partial charge in [-0.3, -0.25) is 0 Å². The van der Waals surface area contributed by atoms with Gasteiger partial charge in [-0.1, -0.05) is 0 Å². The second kappa shape index (κ2) is 6.54. The highest BCUT2D eigenvalue weighted by Gasteiger charge is 2.13. The lowest BCUT2D eigenvalue weighted by atomic mass is 10.2. The molecule has 4 heteroatoms. The molecule has 0 heterocycles. The molecule has 3 nitrogen and oxygen atoms in total. The molecular formula is C13H13FO3. The lowest BCUT2D eigenvalue weighted by molar-refractivity contribution is 0.0595. The van der Waals surface area contributed by atoms with Gasteiger partial charge in [0.05, 0.1) is 13.7 Å². The van der Waals surface area contributed by atoms with Crippen LogP contribution in [-0.2, 0) is 4.74 Å². The van der Waals surface area contributed by atoms with Gasteiger partial charge >= 0.3 is 5.97 Å². The lowest BCUT2D eigenvalue weighted by Crippen LogP contribution is -2.07. The van der Waals surface area contributed by atoms with Crippen LogP contribution in [-0.4, -0.2) is 19.7 Å². The highest BCUT2D eigenvalue weighted by atomic mass is 19.1. The van der Waals surface area contributed by atoms with Gasteiger partial charge in [-0.05, 0) is 24.6 Å². The summed E-state index contributed by atoms with van der Waals surface area (Å²) in [5.74, 6) is 1.64. The van der Waals surface area contributed by atoms with Crippen LogP contribution >= 0.6 is 0 Å². The van der Waals surface area contributed by atoms with Gasteiger partial charge in [0.1, 0.15) is 17.1 Å². The van der Waals surface area contributed by atoms with Gasteiger partial charge in [0.15, 0.2) is 0 Å². The fraction of sp³-hybridized carbons (Fsp3) is 0.308. The molecule has 0 atom stereocenters. The molecule has 0 aliphatic rings. The van der Waals surface area contributed by atoms with Crippen molar-refractivity contribution in [3.63, 3.8) is 0 Å². The van der Waals surface area contributed by atoms with Gasteiger partial charge < -0.3 is 9.47 Å². The predicted molar refractivity (Wildman–Crippen MR) is 61.3 cm³/mol. The minimum atomic E-state index is -0.628. The molecule has 1 aromatic rings. The van der Waals surface area contributed by atoms with Crippen molar-refractivity contribution in [2.24, 2.45) is 0 Å². The molecule has 0 aliphatic carbocycles. The summed E-state index contributed by atoms with van der Waals surface area (Å²) < 4.78 is 22.9. The number of rotatable bonds is 5. The van der Waals surface area contributed by atoms with Crippen molar-refractivity contribution in [3.8, 4) is 18.1 Å². The van der Waals surface area contributed by atoms with E-state index in [1.54, 1.807) is 0 Å². The monoisotopic (exact) mass is 236 g/mol. The fourth-order valence-electron chi connectivity index (χ4n) is 1.25. The smallest absolute Gasteiger partial charge is 0.341 e. The Kier molecular flexibility index (Phi) is 5.02. The van der Waals surface area contributed by atoms with E-state index in [4.69, 9.17) is 11.2 Å². The van der Waals surface area contributed by atoms with Crippen LogP contribution in [0.15, 0.2) is 18.2 Å². The molecule has 1 aromatic carbocycles. The summed E-state index contributed by atoms with van der Waals surface area (Å²) in [6.07, 6.45) is 6.37. The van der Waals surface area contributed by atoms with E-state index in [1.165, 1.54) is 19.2 Å². The highest BCUT2D eigenvalue weighted by Crippen LogP contribution is 2.20. The van der Waals surface area contributed by atoms with Gasteiger partial charge in [0, 0.05) is 6.42 Å². The molecular weight excluding hydrogens is 223 g/mol. The van der Waals surface area contributed by atoms with E-state index in [2.05, 4.69) is 10.7 Å². The van der Waals surface area contributed by atoms with Crippen molar-refractivity contribution in [2.75, 3.05) is 13.7 Å². The maximum atomic E-state index is 13.0. The Morgan fingerprint density at radius 2 is 2.29 bits per heavy atom. The van der Waals surface area contributed by atoms with Crippen LogP contribution in [0.4, 0.5) is 4.39 Å². The normalized spacial score (nSPS) is 9.47. The first kappa shape index (κ1) is 13.0. The van der Waals surface area contributed by atoms with Crippen LogP contribution in [0.1, 0.15) is 23.2 Å². The van der Waals surface area contributed by atoms with E-state index in [1.807, 2.05) is 0 Å². The Morgan fingerprint density at radius 1 is 1.53 bits per heavy atom. The van der Waals surface area contributed by atoms with Crippen molar-refractivity contribution in [1.82, 2.24) is 0 Å². The number of benzene rings is 1. The molecule has 90 valence electrons. The summed E-state index contributed by atoms with van der Waals surface area (Å²) in [6, 6.07) is 3.71. The molecule has 0 fully saturated rings.